The van der Waals surface area contributed by atoms with Gasteiger partial charge in [-0.3, -0.25) is 9.69 Å². The molecule has 0 aliphatic carbocycles. The minimum absolute atomic E-state index is 0.0761. The van der Waals surface area contributed by atoms with Crippen molar-refractivity contribution in [1.82, 2.24) is 4.98 Å². The Morgan fingerprint density at radius 3 is 2.64 bits per heavy atom. The van der Waals surface area contributed by atoms with E-state index in [0.29, 0.717) is 11.7 Å². The molecule has 0 atom stereocenters. The third-order valence-corrected chi connectivity index (χ3v) is 5.07. The monoisotopic (exact) mass is 358 g/mol. The fraction of sp³-hybridized carbons (Fsp3) is 0.263. The average molecular weight is 358 g/mol. The minimum atomic E-state index is -0.507. The highest BCUT2D eigenvalue weighted by Crippen LogP contribution is 2.31. The summed E-state index contributed by atoms with van der Waals surface area (Å²) < 4.78 is 15.1. The molecule has 3 aromatic rings. The van der Waals surface area contributed by atoms with Crippen LogP contribution in [0.4, 0.5) is 9.52 Å². The van der Waals surface area contributed by atoms with Crippen LogP contribution in [0.5, 0.6) is 0 Å². The van der Waals surface area contributed by atoms with Gasteiger partial charge in [-0.15, -0.1) is 0 Å². The number of likely N-dealkylation sites (N-methyl/N-ethyl adjacent to an activating group) is 1. The molecule has 0 radical (unpaired) electrons. The number of carbonyl (C=O) groups excluding carboxylic acids is 1. The molecule has 2 aromatic carbocycles. The van der Waals surface area contributed by atoms with Crippen molar-refractivity contribution < 1.29 is 14.1 Å². The first-order valence-corrected chi connectivity index (χ1v) is 9.00. The maximum atomic E-state index is 14.1. The fourth-order valence-corrected chi connectivity index (χ4v) is 3.66. The van der Waals surface area contributed by atoms with Crippen LogP contribution in [-0.2, 0) is 0 Å². The number of fused-ring (bicyclic) bond motifs is 1. The van der Waals surface area contributed by atoms with Crippen molar-refractivity contribution in [2.45, 2.75) is 6.92 Å². The van der Waals surface area contributed by atoms with Gasteiger partial charge in [-0.1, -0.05) is 35.6 Å². The number of rotatable bonds is 5. The van der Waals surface area contributed by atoms with Gasteiger partial charge in [0.1, 0.15) is 5.82 Å². The van der Waals surface area contributed by atoms with Gasteiger partial charge in [-0.25, -0.2) is 9.37 Å². The van der Waals surface area contributed by atoms with E-state index < -0.39 is 5.82 Å². The predicted octanol–water partition coefficient (Wildman–Crippen LogP) is 2.54. The molecule has 0 bridgehead atoms. The fourth-order valence-electron chi connectivity index (χ4n) is 2.59. The summed E-state index contributed by atoms with van der Waals surface area (Å²) >= 11 is 1.46. The molecule has 6 heteroatoms. The summed E-state index contributed by atoms with van der Waals surface area (Å²) in [6.45, 7) is 3.22. The predicted molar refractivity (Wildman–Crippen MR) is 100 cm³/mol. The summed E-state index contributed by atoms with van der Waals surface area (Å²) in [6.07, 6.45) is 0. The second-order valence-corrected chi connectivity index (χ2v) is 7.32. The number of amides is 1. The molecule has 0 aliphatic heterocycles. The van der Waals surface area contributed by atoms with Gasteiger partial charge in [0.25, 0.3) is 5.91 Å². The van der Waals surface area contributed by atoms with Gasteiger partial charge in [-0.2, -0.15) is 0 Å². The number of benzene rings is 2. The number of aromatic nitrogens is 1. The third-order valence-electron chi connectivity index (χ3n) is 4.03. The van der Waals surface area contributed by atoms with Gasteiger partial charge >= 0.3 is 0 Å². The molecule has 0 saturated carbocycles. The number of nitrogens with one attached hydrogen (secondary N) is 1. The summed E-state index contributed by atoms with van der Waals surface area (Å²) in [7, 11) is 4.04. The summed E-state index contributed by atoms with van der Waals surface area (Å²) in [4.78, 5) is 20.4. The lowest BCUT2D eigenvalue weighted by molar-refractivity contribution is -0.856. The van der Waals surface area contributed by atoms with Gasteiger partial charge in [0, 0.05) is 0 Å². The van der Waals surface area contributed by atoms with Crippen molar-refractivity contribution in [3.8, 4) is 0 Å². The molecule has 25 heavy (non-hydrogen) atoms. The minimum Gasteiger partial charge on any atom is -0.338 e. The van der Waals surface area contributed by atoms with Crippen molar-refractivity contribution in [2.24, 2.45) is 0 Å². The van der Waals surface area contributed by atoms with Crippen LogP contribution in [0.2, 0.25) is 0 Å². The van der Waals surface area contributed by atoms with E-state index in [1.54, 1.807) is 17.0 Å². The number of para-hydroxylation sites is 1. The number of quaternary nitrogens is 1. The van der Waals surface area contributed by atoms with Crippen LogP contribution in [0.1, 0.15) is 15.9 Å². The summed E-state index contributed by atoms with van der Waals surface area (Å²) in [5, 5.41) is 0.610. The highest BCUT2D eigenvalue weighted by Gasteiger charge is 2.24. The number of carbonyl (C=O) groups is 1. The topological polar surface area (TPSA) is 37.6 Å². The molecule has 0 fully saturated rings. The molecule has 1 aromatic heterocycles. The smallest absolute Gasteiger partial charge is 0.263 e. The maximum Gasteiger partial charge on any atom is 0.263 e. The van der Waals surface area contributed by atoms with Gasteiger partial charge in [0.2, 0.25) is 0 Å². The molecule has 0 unspecified atom stereocenters. The van der Waals surface area contributed by atoms with Gasteiger partial charge in [-0.05, 0) is 30.7 Å². The first-order valence-electron chi connectivity index (χ1n) is 8.19. The average Bonchev–Trinajstić information content (AvgIpc) is 3.00. The zero-order valence-corrected chi connectivity index (χ0v) is 15.4. The number of aryl methyl sites for hydroxylation is 1. The molecule has 0 aliphatic rings. The number of hydrogen-bond acceptors (Lipinski definition) is 3. The highest BCUT2D eigenvalue weighted by molar-refractivity contribution is 7.22. The van der Waals surface area contributed by atoms with Gasteiger partial charge < -0.3 is 4.90 Å². The maximum absolute atomic E-state index is 14.1. The summed E-state index contributed by atoms with van der Waals surface area (Å²) in [6, 6.07) is 12.1. The van der Waals surface area contributed by atoms with Gasteiger partial charge in [0.15, 0.2) is 5.13 Å². The second-order valence-electron chi connectivity index (χ2n) is 6.31. The number of hydrogen-bond donors (Lipinski definition) is 1. The van der Waals surface area contributed by atoms with Crippen molar-refractivity contribution in [2.75, 3.05) is 32.1 Å². The molecule has 4 nitrogen and oxygen atoms in total. The molecule has 0 spiro atoms. The Hall–Kier alpha value is -2.31. The first kappa shape index (κ1) is 17.5. The van der Waals surface area contributed by atoms with Crippen LogP contribution in [0.25, 0.3) is 10.2 Å². The van der Waals surface area contributed by atoms with E-state index >= 15 is 0 Å². The second kappa shape index (κ2) is 7.29. The summed E-state index contributed by atoms with van der Waals surface area (Å²) in [5.41, 5.74) is 2.04. The number of nitrogens with zero attached hydrogens (tertiary/aromatic N) is 2. The molecule has 1 heterocycles. The zero-order chi connectivity index (χ0) is 18.0. The lowest BCUT2D eigenvalue weighted by Gasteiger charge is -2.21. The zero-order valence-electron chi connectivity index (χ0n) is 14.5. The normalized spacial score (nSPS) is 11.2. The van der Waals surface area contributed by atoms with Crippen molar-refractivity contribution in [3.63, 3.8) is 0 Å². The van der Waals surface area contributed by atoms with Crippen molar-refractivity contribution in [3.05, 3.63) is 59.4 Å². The number of halogens is 1. The molecule has 3 rings (SSSR count). The largest absolute Gasteiger partial charge is 0.338 e. The Morgan fingerprint density at radius 1 is 1.20 bits per heavy atom. The van der Waals surface area contributed by atoms with E-state index in [-0.39, 0.29) is 11.5 Å². The van der Waals surface area contributed by atoms with E-state index in [9.17, 15) is 9.18 Å². The van der Waals surface area contributed by atoms with Crippen LogP contribution < -0.4 is 9.80 Å². The molecule has 130 valence electrons. The Labute approximate surface area is 150 Å². The Kier molecular flexibility index (Phi) is 5.11. The van der Waals surface area contributed by atoms with Crippen LogP contribution in [0.15, 0.2) is 42.5 Å². The lowest BCUT2D eigenvalue weighted by Crippen LogP contribution is -3.06. The number of thiazole rings is 1. The quantitative estimate of drug-likeness (QED) is 0.761. The lowest BCUT2D eigenvalue weighted by atomic mass is 10.2. The van der Waals surface area contributed by atoms with Crippen LogP contribution in [0.3, 0.4) is 0 Å². The van der Waals surface area contributed by atoms with E-state index in [2.05, 4.69) is 4.98 Å². The van der Waals surface area contributed by atoms with Crippen molar-refractivity contribution in [1.29, 1.82) is 0 Å². The van der Waals surface area contributed by atoms with Crippen molar-refractivity contribution >= 4 is 32.6 Å². The molecule has 1 amide bonds. The molecule has 0 saturated heterocycles. The van der Waals surface area contributed by atoms with Crippen LogP contribution >= 0.6 is 11.3 Å². The molecule has 1 N–H and O–H groups in total. The van der Waals surface area contributed by atoms with Crippen LogP contribution in [0, 0.1) is 12.7 Å². The third kappa shape index (κ3) is 3.70. The first-order chi connectivity index (χ1) is 12.0. The molecular weight excluding hydrogens is 337 g/mol. The van der Waals surface area contributed by atoms with E-state index in [0.717, 1.165) is 22.3 Å². The standard InChI is InChI=1S/C19H20FN3OS/c1-13-7-6-10-16-17(13)21-19(25-16)23(12-11-22(2)3)18(24)14-8-4-5-9-15(14)20/h4-10H,11-12H2,1-3H3/p+1. The molecular formula is C19H21FN3OS+. The van der Waals surface area contributed by atoms with Crippen LogP contribution in [-0.4, -0.2) is 38.1 Å². The Morgan fingerprint density at radius 2 is 1.96 bits per heavy atom. The number of anilines is 1. The van der Waals surface area contributed by atoms with E-state index in [1.807, 2.05) is 39.2 Å². The summed E-state index contributed by atoms with van der Waals surface area (Å²) in [5.74, 6) is -0.858. The van der Waals surface area contributed by atoms with E-state index in [4.69, 9.17) is 0 Å². The highest BCUT2D eigenvalue weighted by atomic mass is 32.1. The Balaban J connectivity index is 2.03. The van der Waals surface area contributed by atoms with E-state index in [1.165, 1.54) is 28.4 Å². The van der Waals surface area contributed by atoms with Gasteiger partial charge in [0.05, 0.1) is 43.0 Å². The SMILES string of the molecule is Cc1cccc2sc(N(CC[NH+](C)C)C(=O)c3ccccc3F)nc12. The Bertz CT molecular complexity index is 907.